The van der Waals surface area contributed by atoms with E-state index in [1.54, 1.807) is 25.9 Å². The molecule has 0 spiro atoms. The Balaban J connectivity index is 1.32. The van der Waals surface area contributed by atoms with Gasteiger partial charge in [-0.3, -0.25) is 9.59 Å². The van der Waals surface area contributed by atoms with Gasteiger partial charge in [0, 0.05) is 24.0 Å². The van der Waals surface area contributed by atoms with Crippen LogP contribution in [-0.2, 0) is 28.0 Å². The highest BCUT2D eigenvalue weighted by Crippen LogP contribution is 2.44. The van der Waals surface area contributed by atoms with Crippen molar-refractivity contribution in [1.29, 1.82) is 0 Å². The minimum absolute atomic E-state index is 0.351. The lowest BCUT2D eigenvalue weighted by atomic mass is 9.87. The molecule has 3 heterocycles. The molecule has 2 aliphatic rings. The van der Waals surface area contributed by atoms with Crippen molar-refractivity contribution >= 4 is 28.7 Å². The summed E-state index contributed by atoms with van der Waals surface area (Å²) in [5, 5.41) is 3.94. The molecule has 5 rings (SSSR count). The number of aromatic amines is 1. The largest absolute Gasteiger partial charge is 0.497 e. The standard InChI is InChI=1S/C26H28N4O4/c1-16(23(31)27-14-12-17-8-10-18(34-3)11-9-17)30-24(32)26(2)22-20(13-15-29(26)25(30)33)19-6-4-5-7-21(19)28-22/h4-11,16,28H,12-15H2,1-3H3,(H,27,31)/t16-,26-/m0/s1. The molecule has 2 atom stereocenters. The summed E-state index contributed by atoms with van der Waals surface area (Å²) < 4.78 is 5.16. The average molecular weight is 461 g/mol. The van der Waals surface area contributed by atoms with Gasteiger partial charge >= 0.3 is 6.03 Å². The van der Waals surface area contributed by atoms with Crippen LogP contribution in [0.4, 0.5) is 4.79 Å². The normalized spacial score (nSPS) is 20.3. The number of para-hydroxylation sites is 1. The molecule has 3 aromatic rings. The molecule has 0 unspecified atom stereocenters. The van der Waals surface area contributed by atoms with Crippen LogP contribution in [0.1, 0.15) is 30.7 Å². The smallest absolute Gasteiger partial charge is 0.328 e. The molecule has 2 aliphatic heterocycles. The van der Waals surface area contributed by atoms with Crippen LogP contribution in [0.5, 0.6) is 5.75 Å². The van der Waals surface area contributed by atoms with Gasteiger partial charge in [0.25, 0.3) is 5.91 Å². The van der Waals surface area contributed by atoms with Crippen LogP contribution < -0.4 is 10.1 Å². The topological polar surface area (TPSA) is 94.7 Å². The maximum absolute atomic E-state index is 13.7. The van der Waals surface area contributed by atoms with Gasteiger partial charge < -0.3 is 19.9 Å². The van der Waals surface area contributed by atoms with E-state index >= 15 is 0 Å². The number of rotatable bonds is 6. The van der Waals surface area contributed by atoms with Gasteiger partial charge in [0.1, 0.15) is 11.8 Å². The zero-order chi connectivity index (χ0) is 24.0. The van der Waals surface area contributed by atoms with E-state index in [0.29, 0.717) is 25.9 Å². The van der Waals surface area contributed by atoms with Crippen LogP contribution >= 0.6 is 0 Å². The SMILES string of the molecule is COc1ccc(CCNC(=O)[C@H](C)N2C(=O)N3CCc4c([nH]c5ccccc45)[C@@]3(C)C2=O)cc1. The fourth-order valence-corrected chi connectivity index (χ4v) is 5.15. The monoisotopic (exact) mass is 460 g/mol. The third-order valence-corrected chi connectivity index (χ3v) is 7.14. The Bertz CT molecular complexity index is 1280. The minimum atomic E-state index is -1.15. The number of urea groups is 1. The predicted molar refractivity (Wildman–Crippen MR) is 127 cm³/mol. The summed E-state index contributed by atoms with van der Waals surface area (Å²) in [7, 11) is 1.61. The van der Waals surface area contributed by atoms with Gasteiger partial charge in [-0.1, -0.05) is 30.3 Å². The first-order chi connectivity index (χ1) is 16.4. The van der Waals surface area contributed by atoms with Gasteiger partial charge in [-0.2, -0.15) is 0 Å². The second-order valence-corrected chi connectivity index (χ2v) is 9.02. The minimum Gasteiger partial charge on any atom is -0.497 e. The van der Waals surface area contributed by atoms with Crippen LogP contribution in [0.3, 0.4) is 0 Å². The number of carbonyl (C=O) groups is 3. The number of H-pyrrole nitrogens is 1. The van der Waals surface area contributed by atoms with E-state index in [1.807, 2.05) is 48.5 Å². The molecule has 0 saturated carbocycles. The van der Waals surface area contributed by atoms with Crippen molar-refractivity contribution in [3.05, 3.63) is 65.4 Å². The van der Waals surface area contributed by atoms with Crippen molar-refractivity contribution in [3.63, 3.8) is 0 Å². The van der Waals surface area contributed by atoms with Crippen molar-refractivity contribution in [3.8, 4) is 5.75 Å². The van der Waals surface area contributed by atoms with Crippen LogP contribution in [0, 0.1) is 0 Å². The number of amides is 4. The lowest BCUT2D eigenvalue weighted by Gasteiger charge is -2.36. The number of ether oxygens (including phenoxy) is 1. The van der Waals surface area contributed by atoms with Gasteiger partial charge in [-0.15, -0.1) is 0 Å². The van der Waals surface area contributed by atoms with Gasteiger partial charge in [-0.05, 0) is 56.0 Å². The molecule has 176 valence electrons. The summed E-state index contributed by atoms with van der Waals surface area (Å²) in [6, 6.07) is 14.2. The first-order valence-corrected chi connectivity index (χ1v) is 11.5. The van der Waals surface area contributed by atoms with Crippen LogP contribution in [0.15, 0.2) is 48.5 Å². The number of fused-ring (bicyclic) bond motifs is 5. The van der Waals surface area contributed by atoms with Crippen molar-refractivity contribution in [2.24, 2.45) is 0 Å². The third-order valence-electron chi connectivity index (χ3n) is 7.14. The van der Waals surface area contributed by atoms with Crippen LogP contribution in [0.2, 0.25) is 0 Å². The molecule has 1 aromatic heterocycles. The number of methoxy groups -OCH3 is 1. The van der Waals surface area contributed by atoms with E-state index in [-0.39, 0.29) is 11.8 Å². The zero-order valence-electron chi connectivity index (χ0n) is 19.6. The number of nitrogens with one attached hydrogen (secondary N) is 2. The summed E-state index contributed by atoms with van der Waals surface area (Å²) in [4.78, 5) is 46.0. The van der Waals surface area contributed by atoms with Gasteiger partial charge in [0.2, 0.25) is 5.91 Å². The van der Waals surface area contributed by atoms with Crippen molar-refractivity contribution in [2.75, 3.05) is 20.2 Å². The maximum atomic E-state index is 13.7. The quantitative estimate of drug-likeness (QED) is 0.553. The highest BCUT2D eigenvalue weighted by atomic mass is 16.5. The highest BCUT2D eigenvalue weighted by molar-refractivity contribution is 6.10. The molecule has 8 heteroatoms. The predicted octanol–water partition coefficient (Wildman–Crippen LogP) is 2.96. The van der Waals surface area contributed by atoms with E-state index in [4.69, 9.17) is 4.74 Å². The fraction of sp³-hybridized carbons (Fsp3) is 0.346. The Kier molecular flexibility index (Phi) is 5.31. The fourth-order valence-electron chi connectivity index (χ4n) is 5.15. The van der Waals surface area contributed by atoms with Gasteiger partial charge in [-0.25, -0.2) is 9.69 Å². The molecule has 8 nitrogen and oxygen atoms in total. The first-order valence-electron chi connectivity index (χ1n) is 11.5. The molecule has 0 bridgehead atoms. The Morgan fingerprint density at radius 1 is 1.18 bits per heavy atom. The van der Waals surface area contributed by atoms with E-state index in [1.165, 1.54) is 0 Å². The summed E-state index contributed by atoms with van der Waals surface area (Å²) in [5.74, 6) is 0.0499. The Hall–Kier alpha value is -3.81. The van der Waals surface area contributed by atoms with Crippen molar-refractivity contribution in [2.45, 2.75) is 38.3 Å². The molecular formula is C26H28N4O4. The molecule has 2 aromatic carbocycles. The van der Waals surface area contributed by atoms with Gasteiger partial charge in [0.15, 0.2) is 5.54 Å². The number of aromatic nitrogens is 1. The number of benzene rings is 2. The summed E-state index contributed by atoms with van der Waals surface area (Å²) in [6.07, 6.45) is 1.29. The second-order valence-electron chi connectivity index (χ2n) is 9.02. The number of hydrogen-bond acceptors (Lipinski definition) is 4. The molecule has 1 fully saturated rings. The number of carbonyl (C=O) groups excluding carboxylic acids is 3. The molecule has 0 radical (unpaired) electrons. The Morgan fingerprint density at radius 2 is 1.91 bits per heavy atom. The summed E-state index contributed by atoms with van der Waals surface area (Å²) in [6.45, 7) is 4.21. The Morgan fingerprint density at radius 3 is 2.65 bits per heavy atom. The lowest BCUT2D eigenvalue weighted by molar-refractivity contribution is -0.139. The number of nitrogens with zero attached hydrogens (tertiary/aromatic N) is 2. The number of hydrogen-bond donors (Lipinski definition) is 2. The van der Waals surface area contributed by atoms with Crippen LogP contribution in [0.25, 0.3) is 10.9 Å². The highest BCUT2D eigenvalue weighted by Gasteiger charge is 2.60. The lowest BCUT2D eigenvalue weighted by Crippen LogP contribution is -2.50. The van der Waals surface area contributed by atoms with E-state index in [0.717, 1.165) is 38.4 Å². The third kappa shape index (κ3) is 3.24. The molecule has 4 amide bonds. The number of imide groups is 1. The van der Waals surface area contributed by atoms with E-state index < -0.39 is 17.6 Å². The second kappa shape index (κ2) is 8.20. The zero-order valence-corrected chi connectivity index (χ0v) is 19.6. The summed E-state index contributed by atoms with van der Waals surface area (Å²) >= 11 is 0. The van der Waals surface area contributed by atoms with E-state index in [2.05, 4.69) is 10.3 Å². The van der Waals surface area contributed by atoms with Gasteiger partial charge in [0.05, 0.1) is 12.8 Å². The maximum Gasteiger partial charge on any atom is 0.328 e. The van der Waals surface area contributed by atoms with Crippen molar-refractivity contribution < 1.29 is 19.1 Å². The van der Waals surface area contributed by atoms with Crippen LogP contribution in [-0.4, -0.2) is 58.9 Å². The first kappa shape index (κ1) is 22.0. The molecule has 2 N–H and O–H groups in total. The average Bonchev–Trinajstić information content (AvgIpc) is 3.32. The Labute approximate surface area is 197 Å². The van der Waals surface area contributed by atoms with Crippen molar-refractivity contribution in [1.82, 2.24) is 20.1 Å². The van der Waals surface area contributed by atoms with E-state index in [9.17, 15) is 14.4 Å². The molecule has 34 heavy (non-hydrogen) atoms. The molecule has 0 aliphatic carbocycles. The summed E-state index contributed by atoms with van der Waals surface area (Å²) in [5.41, 5.74) is 2.65. The molecular weight excluding hydrogens is 432 g/mol. The molecule has 1 saturated heterocycles.